The van der Waals surface area contributed by atoms with E-state index in [1.807, 2.05) is 43.3 Å². The molecule has 0 radical (unpaired) electrons. The third-order valence-corrected chi connectivity index (χ3v) is 4.03. The van der Waals surface area contributed by atoms with Crippen molar-refractivity contribution in [3.8, 4) is 5.75 Å². The van der Waals surface area contributed by atoms with Crippen molar-refractivity contribution in [3.63, 3.8) is 0 Å². The summed E-state index contributed by atoms with van der Waals surface area (Å²) in [7, 11) is 5.38. The van der Waals surface area contributed by atoms with Crippen molar-refractivity contribution in [1.29, 1.82) is 0 Å². The summed E-state index contributed by atoms with van der Waals surface area (Å²) in [4.78, 5) is 27.8. The first-order chi connectivity index (χ1) is 12.3. The van der Waals surface area contributed by atoms with E-state index in [-0.39, 0.29) is 18.4 Å². The van der Waals surface area contributed by atoms with Crippen molar-refractivity contribution in [2.45, 2.75) is 6.92 Å². The molecule has 0 spiro atoms. The summed E-state index contributed by atoms with van der Waals surface area (Å²) in [5.41, 5.74) is 2.11. The maximum absolute atomic E-state index is 12.4. The quantitative estimate of drug-likeness (QED) is 0.840. The van der Waals surface area contributed by atoms with Crippen LogP contribution in [-0.2, 0) is 9.59 Å². The van der Waals surface area contributed by atoms with Gasteiger partial charge in [0.1, 0.15) is 12.3 Å². The van der Waals surface area contributed by atoms with Gasteiger partial charge in [-0.3, -0.25) is 9.59 Å². The topological polar surface area (TPSA) is 61.9 Å². The van der Waals surface area contributed by atoms with Gasteiger partial charge in [-0.05, 0) is 42.5 Å². The van der Waals surface area contributed by atoms with Crippen LogP contribution in [0.25, 0.3) is 0 Å². The minimum absolute atomic E-state index is 0.119. The summed E-state index contributed by atoms with van der Waals surface area (Å²) in [5.74, 6) is -0.0827. The van der Waals surface area contributed by atoms with E-state index in [1.165, 1.54) is 18.9 Å². The number of methoxy groups -OCH3 is 1. The van der Waals surface area contributed by atoms with E-state index in [9.17, 15) is 9.59 Å². The second kappa shape index (κ2) is 8.58. The number of nitrogens with one attached hydrogen (secondary N) is 1. The minimum Gasteiger partial charge on any atom is -0.495 e. The average Bonchev–Trinajstić information content (AvgIpc) is 2.59. The Balaban J connectivity index is 2.16. The molecule has 0 saturated carbocycles. The molecular formula is C19H22ClN3O3. The molecule has 7 heteroatoms. The molecule has 138 valence electrons. The lowest BCUT2D eigenvalue weighted by atomic mass is 10.2. The predicted octanol–water partition coefficient (Wildman–Crippen LogP) is 3.41. The van der Waals surface area contributed by atoms with Crippen molar-refractivity contribution in [3.05, 3.63) is 47.5 Å². The summed E-state index contributed by atoms with van der Waals surface area (Å²) >= 11 is 5.97. The zero-order valence-electron chi connectivity index (χ0n) is 15.2. The van der Waals surface area contributed by atoms with Gasteiger partial charge in [-0.15, -0.1) is 0 Å². The Morgan fingerprint density at radius 1 is 1.08 bits per heavy atom. The van der Waals surface area contributed by atoms with Crippen molar-refractivity contribution in [1.82, 2.24) is 0 Å². The van der Waals surface area contributed by atoms with Crippen LogP contribution < -0.4 is 19.9 Å². The smallest absolute Gasteiger partial charge is 0.244 e. The highest BCUT2D eigenvalue weighted by Gasteiger charge is 2.17. The van der Waals surface area contributed by atoms with Gasteiger partial charge in [-0.25, -0.2) is 0 Å². The monoisotopic (exact) mass is 375 g/mol. The molecule has 0 aliphatic rings. The fourth-order valence-corrected chi connectivity index (χ4v) is 2.60. The number of rotatable bonds is 6. The molecule has 0 aromatic heterocycles. The standard InChI is InChI=1S/C19H22ClN3O3/c1-13(24)23(16-8-6-15(7-9-16)22(2)3)12-19(25)21-17-11-14(20)5-10-18(17)26-4/h5-11H,12H2,1-4H3,(H,21,25). The highest BCUT2D eigenvalue weighted by atomic mass is 35.5. The Morgan fingerprint density at radius 2 is 1.69 bits per heavy atom. The van der Waals surface area contributed by atoms with E-state index >= 15 is 0 Å². The van der Waals surface area contributed by atoms with Crippen LogP contribution in [0.3, 0.4) is 0 Å². The lowest BCUT2D eigenvalue weighted by Gasteiger charge is -2.22. The van der Waals surface area contributed by atoms with E-state index in [1.54, 1.807) is 18.2 Å². The first kappa shape index (κ1) is 19.6. The number of halogens is 1. The van der Waals surface area contributed by atoms with Crippen molar-refractivity contribution < 1.29 is 14.3 Å². The molecule has 0 saturated heterocycles. The number of hydrogen-bond donors (Lipinski definition) is 1. The molecular weight excluding hydrogens is 354 g/mol. The maximum Gasteiger partial charge on any atom is 0.244 e. The van der Waals surface area contributed by atoms with Gasteiger partial charge in [0.2, 0.25) is 11.8 Å². The first-order valence-corrected chi connectivity index (χ1v) is 8.38. The lowest BCUT2D eigenvalue weighted by Crippen LogP contribution is -2.36. The van der Waals surface area contributed by atoms with Gasteiger partial charge in [0.05, 0.1) is 12.8 Å². The van der Waals surface area contributed by atoms with Crippen LogP contribution in [0.5, 0.6) is 5.75 Å². The van der Waals surface area contributed by atoms with Gasteiger partial charge in [0.15, 0.2) is 0 Å². The molecule has 0 unspecified atom stereocenters. The summed E-state index contributed by atoms with van der Waals surface area (Å²) in [6.45, 7) is 1.30. The first-order valence-electron chi connectivity index (χ1n) is 8.00. The molecule has 0 heterocycles. The molecule has 0 atom stereocenters. The highest BCUT2D eigenvalue weighted by Crippen LogP contribution is 2.28. The third-order valence-electron chi connectivity index (χ3n) is 3.80. The summed E-state index contributed by atoms with van der Waals surface area (Å²) in [6.07, 6.45) is 0. The summed E-state index contributed by atoms with van der Waals surface area (Å²) < 4.78 is 5.22. The van der Waals surface area contributed by atoms with Crippen molar-refractivity contribution in [2.24, 2.45) is 0 Å². The largest absolute Gasteiger partial charge is 0.495 e. The summed E-state index contributed by atoms with van der Waals surface area (Å²) in [5, 5.41) is 3.21. The van der Waals surface area contributed by atoms with E-state index in [0.717, 1.165) is 5.69 Å². The zero-order chi connectivity index (χ0) is 19.3. The Kier molecular flexibility index (Phi) is 6.46. The number of carbonyl (C=O) groups excluding carboxylic acids is 2. The van der Waals surface area contributed by atoms with Gasteiger partial charge < -0.3 is 19.9 Å². The molecule has 2 amide bonds. The van der Waals surface area contributed by atoms with E-state index in [0.29, 0.717) is 22.1 Å². The maximum atomic E-state index is 12.4. The van der Waals surface area contributed by atoms with Crippen molar-refractivity contribution in [2.75, 3.05) is 42.9 Å². The zero-order valence-corrected chi connectivity index (χ0v) is 16.0. The second-order valence-corrected chi connectivity index (χ2v) is 6.35. The van der Waals surface area contributed by atoms with Crippen molar-refractivity contribution >= 4 is 40.5 Å². The molecule has 1 N–H and O–H groups in total. The van der Waals surface area contributed by atoms with Gasteiger partial charge in [-0.1, -0.05) is 11.6 Å². The minimum atomic E-state index is -0.350. The number of amides is 2. The highest BCUT2D eigenvalue weighted by molar-refractivity contribution is 6.31. The van der Waals surface area contributed by atoms with Crippen LogP contribution in [0.4, 0.5) is 17.1 Å². The fourth-order valence-electron chi connectivity index (χ4n) is 2.43. The molecule has 0 aliphatic heterocycles. The number of ether oxygens (including phenoxy) is 1. The van der Waals surface area contributed by atoms with Gasteiger partial charge in [0, 0.05) is 37.4 Å². The molecule has 0 aliphatic carbocycles. The lowest BCUT2D eigenvalue weighted by molar-refractivity contribution is -0.120. The molecule has 26 heavy (non-hydrogen) atoms. The molecule has 0 fully saturated rings. The van der Waals surface area contributed by atoms with Crippen LogP contribution in [-0.4, -0.2) is 39.6 Å². The number of anilines is 3. The Bertz CT molecular complexity index is 791. The molecule has 2 aromatic carbocycles. The van der Waals surface area contributed by atoms with E-state index in [4.69, 9.17) is 16.3 Å². The number of hydrogen-bond acceptors (Lipinski definition) is 4. The summed E-state index contributed by atoms with van der Waals surface area (Å²) in [6, 6.07) is 12.3. The van der Waals surface area contributed by atoms with Crippen LogP contribution in [0.15, 0.2) is 42.5 Å². The Morgan fingerprint density at radius 3 is 2.23 bits per heavy atom. The molecule has 2 rings (SSSR count). The normalized spacial score (nSPS) is 10.2. The van der Waals surface area contributed by atoms with Crippen LogP contribution >= 0.6 is 11.6 Å². The third kappa shape index (κ3) is 4.89. The van der Waals surface area contributed by atoms with Crippen LogP contribution in [0, 0.1) is 0 Å². The predicted molar refractivity (Wildman–Crippen MR) is 105 cm³/mol. The fraction of sp³-hybridized carbons (Fsp3) is 0.263. The van der Waals surface area contributed by atoms with Gasteiger partial charge in [-0.2, -0.15) is 0 Å². The van der Waals surface area contributed by atoms with E-state index in [2.05, 4.69) is 5.32 Å². The van der Waals surface area contributed by atoms with Crippen LogP contribution in [0.2, 0.25) is 5.02 Å². The van der Waals surface area contributed by atoms with Crippen LogP contribution in [0.1, 0.15) is 6.92 Å². The Hall–Kier alpha value is -2.73. The molecule has 0 bridgehead atoms. The number of benzene rings is 2. The Labute approximate surface area is 158 Å². The average molecular weight is 376 g/mol. The second-order valence-electron chi connectivity index (χ2n) is 5.91. The van der Waals surface area contributed by atoms with Gasteiger partial charge >= 0.3 is 0 Å². The molecule has 6 nitrogen and oxygen atoms in total. The SMILES string of the molecule is COc1ccc(Cl)cc1NC(=O)CN(C(C)=O)c1ccc(N(C)C)cc1. The number of nitrogens with zero attached hydrogens (tertiary/aromatic N) is 2. The van der Waals surface area contributed by atoms with E-state index < -0.39 is 0 Å². The van der Waals surface area contributed by atoms with Gasteiger partial charge in [0.25, 0.3) is 0 Å². The number of carbonyl (C=O) groups is 2. The molecule has 2 aromatic rings.